The highest BCUT2D eigenvalue weighted by Gasteiger charge is 2.36. The molecule has 3 aromatic carbocycles. The van der Waals surface area contributed by atoms with Crippen LogP contribution in [0.4, 0.5) is 4.79 Å². The SMILES string of the molecule is COc1cc(/C=C2/SC(=O)N(CC(=O)c3ccc(Br)cc3)C2=O)ccc1OCc1ccccc1. The van der Waals surface area contributed by atoms with Crippen molar-refractivity contribution in [2.45, 2.75) is 6.61 Å². The third-order valence-electron chi connectivity index (χ3n) is 5.06. The van der Waals surface area contributed by atoms with Gasteiger partial charge in [-0.05, 0) is 53.2 Å². The summed E-state index contributed by atoms with van der Waals surface area (Å²) in [7, 11) is 1.54. The molecule has 3 aromatic rings. The molecule has 8 heteroatoms. The number of carbonyl (C=O) groups excluding carboxylic acids is 3. The van der Waals surface area contributed by atoms with Crippen LogP contribution < -0.4 is 9.47 Å². The van der Waals surface area contributed by atoms with Crippen molar-refractivity contribution >= 4 is 50.7 Å². The Hall–Kier alpha value is -3.36. The van der Waals surface area contributed by atoms with Crippen molar-refractivity contribution in [3.63, 3.8) is 0 Å². The zero-order valence-corrected chi connectivity index (χ0v) is 20.6. The molecule has 172 valence electrons. The first-order valence-corrected chi connectivity index (χ1v) is 11.9. The van der Waals surface area contributed by atoms with Crippen molar-refractivity contribution in [1.29, 1.82) is 0 Å². The van der Waals surface area contributed by atoms with Gasteiger partial charge in [0.15, 0.2) is 17.3 Å². The zero-order chi connectivity index (χ0) is 24.1. The Morgan fingerprint density at radius 1 is 1.00 bits per heavy atom. The van der Waals surface area contributed by atoms with Crippen LogP contribution in [0.3, 0.4) is 0 Å². The highest BCUT2D eigenvalue weighted by atomic mass is 79.9. The molecule has 1 aliphatic rings. The van der Waals surface area contributed by atoms with Gasteiger partial charge >= 0.3 is 0 Å². The summed E-state index contributed by atoms with van der Waals surface area (Å²) in [5.41, 5.74) is 2.13. The van der Waals surface area contributed by atoms with E-state index < -0.39 is 11.1 Å². The molecule has 1 aliphatic heterocycles. The maximum Gasteiger partial charge on any atom is 0.293 e. The number of rotatable bonds is 8. The van der Waals surface area contributed by atoms with Gasteiger partial charge in [0, 0.05) is 10.0 Å². The molecule has 0 bridgehead atoms. The van der Waals surface area contributed by atoms with Crippen molar-refractivity contribution in [3.05, 3.63) is 98.9 Å². The number of hydrogen-bond acceptors (Lipinski definition) is 6. The van der Waals surface area contributed by atoms with Crippen LogP contribution in [0.1, 0.15) is 21.5 Å². The second kappa shape index (κ2) is 10.7. The summed E-state index contributed by atoms with van der Waals surface area (Å²) in [6.07, 6.45) is 1.61. The van der Waals surface area contributed by atoms with Gasteiger partial charge in [-0.25, -0.2) is 0 Å². The average molecular weight is 538 g/mol. The number of thioether (sulfide) groups is 1. The predicted molar refractivity (Wildman–Crippen MR) is 135 cm³/mol. The number of imide groups is 1. The highest BCUT2D eigenvalue weighted by Crippen LogP contribution is 2.35. The van der Waals surface area contributed by atoms with E-state index in [1.54, 1.807) is 48.5 Å². The minimum atomic E-state index is -0.496. The summed E-state index contributed by atoms with van der Waals surface area (Å²) >= 11 is 4.13. The summed E-state index contributed by atoms with van der Waals surface area (Å²) in [5, 5.41) is -0.475. The van der Waals surface area contributed by atoms with Gasteiger partial charge in [-0.15, -0.1) is 0 Å². The maximum atomic E-state index is 12.8. The molecule has 0 radical (unpaired) electrons. The fraction of sp³-hybridized carbons (Fsp3) is 0.115. The molecule has 2 amide bonds. The largest absolute Gasteiger partial charge is 0.493 e. The normalized spacial score (nSPS) is 14.5. The Kier molecular flexibility index (Phi) is 7.49. The third kappa shape index (κ3) is 5.58. The van der Waals surface area contributed by atoms with Crippen molar-refractivity contribution in [2.24, 2.45) is 0 Å². The summed E-state index contributed by atoms with van der Waals surface area (Å²) in [6.45, 7) is 0.0844. The standard InChI is InChI=1S/C26H20BrNO5S/c1-32-23-13-18(7-12-22(23)33-16-17-5-3-2-4-6-17)14-24-25(30)28(26(31)34-24)15-21(29)19-8-10-20(27)11-9-19/h2-14H,15-16H2,1H3/b24-14+. The number of ketones is 1. The van der Waals surface area contributed by atoms with Crippen molar-refractivity contribution in [3.8, 4) is 11.5 Å². The number of hydrogen-bond donors (Lipinski definition) is 0. The van der Waals surface area contributed by atoms with E-state index in [0.717, 1.165) is 26.7 Å². The first-order valence-electron chi connectivity index (χ1n) is 10.3. The smallest absolute Gasteiger partial charge is 0.293 e. The Labute approximate surface area is 209 Å². The lowest BCUT2D eigenvalue weighted by Gasteiger charge is -2.12. The molecule has 0 saturated carbocycles. The van der Waals surface area contributed by atoms with Crippen molar-refractivity contribution < 1.29 is 23.9 Å². The van der Waals surface area contributed by atoms with Crippen LogP contribution in [0.15, 0.2) is 82.2 Å². The quantitative estimate of drug-likeness (QED) is 0.261. The molecule has 1 saturated heterocycles. The molecule has 1 fully saturated rings. The summed E-state index contributed by atoms with van der Waals surface area (Å²) in [4.78, 5) is 39.0. The van der Waals surface area contributed by atoms with Gasteiger partial charge in [-0.2, -0.15) is 0 Å². The Balaban J connectivity index is 1.46. The van der Waals surface area contributed by atoms with Crippen LogP contribution in [0, 0.1) is 0 Å². The second-order valence-electron chi connectivity index (χ2n) is 7.38. The molecule has 1 heterocycles. The lowest BCUT2D eigenvalue weighted by Crippen LogP contribution is -2.33. The second-order valence-corrected chi connectivity index (χ2v) is 9.29. The molecule has 0 spiro atoms. The van der Waals surface area contributed by atoms with E-state index in [9.17, 15) is 14.4 Å². The van der Waals surface area contributed by atoms with Gasteiger partial charge in [0.05, 0.1) is 18.6 Å². The fourth-order valence-electron chi connectivity index (χ4n) is 3.29. The van der Waals surface area contributed by atoms with Crippen molar-refractivity contribution in [2.75, 3.05) is 13.7 Å². The summed E-state index contributed by atoms with van der Waals surface area (Å²) in [5.74, 6) is 0.271. The van der Waals surface area contributed by atoms with Crippen LogP contribution in [-0.2, 0) is 11.4 Å². The van der Waals surface area contributed by atoms with E-state index in [1.165, 1.54) is 7.11 Å². The van der Waals surface area contributed by atoms with Gasteiger partial charge in [0.25, 0.3) is 11.1 Å². The van der Waals surface area contributed by atoms with Gasteiger partial charge in [-0.1, -0.05) is 64.5 Å². The predicted octanol–water partition coefficient (Wildman–Crippen LogP) is 5.96. The number of carbonyl (C=O) groups is 3. The monoisotopic (exact) mass is 537 g/mol. The molecule has 0 N–H and O–H groups in total. The summed E-state index contributed by atoms with van der Waals surface area (Å²) in [6, 6.07) is 21.8. The molecule has 0 aromatic heterocycles. The zero-order valence-electron chi connectivity index (χ0n) is 18.2. The Bertz CT molecular complexity index is 1260. The average Bonchev–Trinajstić information content (AvgIpc) is 3.11. The van der Waals surface area contributed by atoms with E-state index in [0.29, 0.717) is 29.2 Å². The number of amides is 2. The highest BCUT2D eigenvalue weighted by molar-refractivity contribution is 9.10. The van der Waals surface area contributed by atoms with E-state index in [2.05, 4.69) is 15.9 Å². The number of methoxy groups -OCH3 is 1. The number of Topliss-reactive ketones (excluding diaryl/α,β-unsaturated/α-hetero) is 1. The Morgan fingerprint density at radius 3 is 2.44 bits per heavy atom. The first-order chi connectivity index (χ1) is 16.4. The minimum Gasteiger partial charge on any atom is -0.493 e. The van der Waals surface area contributed by atoms with E-state index in [4.69, 9.17) is 9.47 Å². The maximum absolute atomic E-state index is 12.8. The van der Waals surface area contributed by atoms with Crippen LogP contribution >= 0.6 is 27.7 Å². The van der Waals surface area contributed by atoms with Gasteiger partial charge in [-0.3, -0.25) is 19.3 Å². The number of halogens is 1. The first kappa shape index (κ1) is 23.8. The van der Waals surface area contributed by atoms with Crippen LogP contribution in [0.25, 0.3) is 6.08 Å². The molecule has 0 atom stereocenters. The number of nitrogens with zero attached hydrogens (tertiary/aromatic N) is 1. The van der Waals surface area contributed by atoms with Crippen LogP contribution in [-0.4, -0.2) is 35.5 Å². The molecule has 34 heavy (non-hydrogen) atoms. The van der Waals surface area contributed by atoms with E-state index in [-0.39, 0.29) is 17.2 Å². The van der Waals surface area contributed by atoms with Crippen molar-refractivity contribution in [1.82, 2.24) is 4.90 Å². The van der Waals surface area contributed by atoms with E-state index >= 15 is 0 Å². The third-order valence-corrected chi connectivity index (χ3v) is 6.50. The molecule has 4 rings (SSSR count). The minimum absolute atomic E-state index is 0.244. The molecule has 0 aliphatic carbocycles. The topological polar surface area (TPSA) is 72.9 Å². The molecular formula is C26H20BrNO5S. The van der Waals surface area contributed by atoms with Gasteiger partial charge in [0.1, 0.15) is 6.61 Å². The van der Waals surface area contributed by atoms with E-state index in [1.807, 2.05) is 30.3 Å². The number of benzene rings is 3. The fourth-order valence-corrected chi connectivity index (χ4v) is 4.39. The molecule has 0 unspecified atom stereocenters. The Morgan fingerprint density at radius 2 is 1.74 bits per heavy atom. The number of ether oxygens (including phenoxy) is 2. The molecular weight excluding hydrogens is 518 g/mol. The van der Waals surface area contributed by atoms with Crippen LogP contribution in [0.2, 0.25) is 0 Å². The summed E-state index contributed by atoms with van der Waals surface area (Å²) < 4.78 is 12.2. The van der Waals surface area contributed by atoms with Gasteiger partial charge in [0.2, 0.25) is 0 Å². The molecule has 6 nitrogen and oxygen atoms in total. The van der Waals surface area contributed by atoms with Crippen LogP contribution in [0.5, 0.6) is 11.5 Å². The lowest BCUT2D eigenvalue weighted by molar-refractivity contribution is -0.122. The lowest BCUT2D eigenvalue weighted by atomic mass is 10.1. The van der Waals surface area contributed by atoms with Gasteiger partial charge < -0.3 is 9.47 Å².